The summed E-state index contributed by atoms with van der Waals surface area (Å²) >= 11 is 0. The monoisotopic (exact) mass is 1510 g/mol. The fourth-order valence-corrected chi connectivity index (χ4v) is 12.8. The van der Waals surface area contributed by atoms with Crippen molar-refractivity contribution in [1.29, 1.82) is 0 Å². The van der Waals surface area contributed by atoms with Gasteiger partial charge in [0.25, 0.3) is 0 Å². The van der Waals surface area contributed by atoms with Crippen molar-refractivity contribution in [3.05, 3.63) is 6.54 Å². The molecule has 36 heteroatoms. The van der Waals surface area contributed by atoms with Gasteiger partial charge in [-0.05, 0) is 134 Å². The van der Waals surface area contributed by atoms with E-state index < -0.39 is 85.3 Å². The van der Waals surface area contributed by atoms with Crippen molar-refractivity contribution in [2.45, 2.75) is 249 Å². The fourth-order valence-electron chi connectivity index (χ4n) is 12.8. The van der Waals surface area contributed by atoms with E-state index in [1.54, 1.807) is 6.54 Å². The van der Waals surface area contributed by atoms with Crippen LogP contribution in [0, 0.1) is 24.3 Å². The van der Waals surface area contributed by atoms with Gasteiger partial charge in [-0.1, -0.05) is 60.8 Å². The molecule has 1 fully saturated rings. The van der Waals surface area contributed by atoms with Gasteiger partial charge in [0, 0.05) is 127 Å². The Hall–Kier alpha value is -6.71. The molecule has 0 unspecified atom stereocenters. The van der Waals surface area contributed by atoms with Gasteiger partial charge < -0.3 is 132 Å². The molecule has 0 bridgehead atoms. The first kappa shape index (κ1) is 97.3. The van der Waals surface area contributed by atoms with E-state index in [4.69, 9.17) is 63.1 Å². The number of guanidine groups is 3. The Kier molecular flexibility index (Phi) is 54.4. The number of nitrogens with two attached hydrogens (primary N) is 11. The Labute approximate surface area is 631 Å². The first-order valence-electron chi connectivity index (χ1n) is 38.7. The lowest BCUT2D eigenvalue weighted by Crippen LogP contribution is -2.75. The average Bonchev–Trinajstić information content (AvgIpc) is 1.50. The molecule has 0 saturated carbocycles. The average molecular weight is 1510 g/mol. The van der Waals surface area contributed by atoms with Crippen molar-refractivity contribution < 1.29 is 48.8 Å². The van der Waals surface area contributed by atoms with Crippen LogP contribution in [0.2, 0.25) is 0 Å². The van der Waals surface area contributed by atoms with Crippen LogP contribution in [0.3, 0.4) is 0 Å². The largest absolute Gasteiger partial charge is 0.482 e. The maximum absolute atomic E-state index is 13.5. The number of hydrogen-bond acceptors (Lipinski definition) is 22. The van der Waals surface area contributed by atoms with Gasteiger partial charge in [0.15, 0.2) is 24.4 Å². The molecule has 1 rings (SSSR count). The normalized spacial score (nSPS) is 16.7. The molecule has 0 spiro atoms. The van der Waals surface area contributed by atoms with E-state index in [-0.39, 0.29) is 72.8 Å². The van der Waals surface area contributed by atoms with Crippen LogP contribution in [-0.2, 0) is 33.6 Å². The summed E-state index contributed by atoms with van der Waals surface area (Å²) in [6.45, 7) is 25.6. The minimum absolute atomic E-state index is 0.0689. The second-order valence-corrected chi connectivity index (χ2v) is 29.2. The summed E-state index contributed by atoms with van der Waals surface area (Å²) in [6.07, 6.45) is 13.7. The molecule has 0 aliphatic carbocycles. The van der Waals surface area contributed by atoms with Crippen molar-refractivity contribution in [3.63, 3.8) is 0 Å². The van der Waals surface area contributed by atoms with E-state index >= 15 is 0 Å². The Bertz CT molecular complexity index is 2550. The van der Waals surface area contributed by atoms with Crippen LogP contribution in [0.5, 0.6) is 0 Å². The van der Waals surface area contributed by atoms with Crippen LogP contribution < -0.4 is 127 Å². The zero-order valence-electron chi connectivity index (χ0n) is 64.9. The third-order valence-electron chi connectivity index (χ3n) is 18.8. The SMILES string of the molecule is CC[C@H](C)[C@@H](CN[C@@H](CCCN=C(N)N)CN1CCC[C@H]1CN[C@@H](CCCCN)CN[C@H](CN[C@@H](CCCCN)C[NH+]=CC(=O)N[C@@H](CC(=O)O)C(=O)N[C@@H](CC(N)=O)C(=O)N[C@@H](CCC(N)=O)C(=O)O)CC(C)C)NC[C@H](CCCN=C(N)N)NC[C@H](CCCN=C(N)N)NC[C@H](CC(C)C)NC[CH-]N. The molecule has 0 radical (unpaired) electrons. The predicted octanol–water partition coefficient (Wildman–Crippen LogP) is -5.90. The molecule has 36 nitrogen and oxygen atoms in total. The molecule has 106 heavy (non-hydrogen) atoms. The maximum Gasteiger partial charge on any atom is 0.326 e. The third kappa shape index (κ3) is 50.0. The number of carboxylic acids is 2. The van der Waals surface area contributed by atoms with Crippen molar-refractivity contribution in [2.24, 2.45) is 95.8 Å². The number of likely N-dealkylation sites (tertiary alicyclic amines) is 1. The Morgan fingerprint density at radius 1 is 0.538 bits per heavy atom. The molecule has 0 aromatic carbocycles. The number of nitrogens with zero attached hydrogens (tertiary/aromatic N) is 4. The summed E-state index contributed by atoms with van der Waals surface area (Å²) in [5.74, 6) is -6.58. The molecule has 1 aliphatic heterocycles. The number of aliphatic imine (C=N–C) groups is 3. The molecular formula is C70H145N27O9. The number of carbonyl (C=O) groups excluding carboxylic acids is 5. The van der Waals surface area contributed by atoms with Crippen LogP contribution in [-0.4, -0.2) is 258 Å². The molecule has 1 saturated heterocycles. The van der Waals surface area contributed by atoms with Gasteiger partial charge in [0.05, 0.1) is 18.9 Å². The highest BCUT2D eigenvalue weighted by Crippen LogP contribution is 2.20. The third-order valence-corrected chi connectivity index (χ3v) is 18.8. The van der Waals surface area contributed by atoms with Crippen LogP contribution >= 0.6 is 0 Å². The summed E-state index contributed by atoms with van der Waals surface area (Å²) < 4.78 is 0. The highest BCUT2D eigenvalue weighted by molar-refractivity contribution is 6.24. The number of hydrogen-bond donors (Lipinski definition) is 25. The molecule has 1 aliphatic rings. The summed E-state index contributed by atoms with van der Waals surface area (Å²) in [5.41, 5.74) is 62.7. The zero-order chi connectivity index (χ0) is 79.2. The second kappa shape index (κ2) is 59.3. The van der Waals surface area contributed by atoms with Crippen molar-refractivity contribution >= 4 is 65.6 Å². The second-order valence-electron chi connectivity index (χ2n) is 29.2. The lowest BCUT2D eigenvalue weighted by molar-refractivity contribution is -0.455. The van der Waals surface area contributed by atoms with E-state index in [0.717, 1.165) is 155 Å². The van der Waals surface area contributed by atoms with Gasteiger partial charge in [0.2, 0.25) is 29.8 Å². The number of carboxylic acid groups (broad SMARTS) is 2. The van der Waals surface area contributed by atoms with Gasteiger partial charge in [0.1, 0.15) is 18.1 Å². The highest BCUT2D eigenvalue weighted by atomic mass is 16.4. The van der Waals surface area contributed by atoms with Gasteiger partial charge in [-0.15, -0.1) is 6.54 Å². The molecule has 36 N–H and O–H groups in total. The van der Waals surface area contributed by atoms with E-state index in [2.05, 4.69) is 125 Å². The molecule has 1 heterocycles. The van der Waals surface area contributed by atoms with Gasteiger partial charge in [-0.2, -0.15) is 0 Å². The van der Waals surface area contributed by atoms with Crippen LogP contribution in [0.25, 0.3) is 0 Å². The Balaban J connectivity index is 3.36. The smallest absolute Gasteiger partial charge is 0.326 e. The zero-order valence-corrected chi connectivity index (χ0v) is 64.9. The maximum atomic E-state index is 13.5. The van der Waals surface area contributed by atoms with E-state index in [9.17, 15) is 43.8 Å². The minimum atomic E-state index is -1.77. The Morgan fingerprint density at radius 3 is 1.49 bits per heavy atom. The van der Waals surface area contributed by atoms with E-state index in [1.807, 2.05) is 0 Å². The number of amides is 5. The molecule has 0 aromatic heterocycles. The number of unbranched alkanes of at least 4 members (excludes halogenated alkanes) is 2. The Morgan fingerprint density at radius 2 is 1.00 bits per heavy atom. The number of carbonyl (C=O) groups is 7. The number of primary amides is 2. The number of aliphatic carboxylic acids is 2. The van der Waals surface area contributed by atoms with E-state index in [0.29, 0.717) is 82.6 Å². The highest BCUT2D eigenvalue weighted by Gasteiger charge is 2.33. The molecular weight excluding hydrogens is 1360 g/mol. The number of rotatable bonds is 68. The summed E-state index contributed by atoms with van der Waals surface area (Å²) in [4.78, 5) is 106. The first-order chi connectivity index (χ1) is 50.5. The molecule has 614 valence electrons. The van der Waals surface area contributed by atoms with Gasteiger partial charge in [-0.3, -0.25) is 55.2 Å². The summed E-state index contributed by atoms with van der Waals surface area (Å²) in [5, 5.41) is 57.0. The fraction of sp³-hybridized carbons (Fsp3) is 0.829. The lowest BCUT2D eigenvalue weighted by atomic mass is 9.97. The predicted molar refractivity (Wildman–Crippen MR) is 421 cm³/mol. The molecule has 0 aromatic rings. The standard InChI is InChI=1S/C70H144N27O9/c1-7-48(6)60(93-39-52(19-13-28-85-69(78)79)87-37-51(18-12-27-84-68(76)77)89-40-54(32-46(2)3)83-30-26-73)43-92-53(20-14-29-86-70(80)81)45-97-31-15-21-56(97)42-91-50(17-9-11-25-72)38-90-55(33-47(4)5)41-88-49(16-8-10-24-71)36-82-44-63(100)94-59(35-64(101)102)66(104)96-58(34-62(75)99)65(103)95-57(67(105)106)22-23-61(74)98/h26,44,46-60,83,87-93H,7-25,27-43,45,71-73H2,1-6H3,(H2,74,98)(H2,75,99)(H,94,100)(H,95,103)(H,96,104)(H,101,102)(H,105,106)(H4,76,77,84)(H4,78,79,85)(H4,80,81,86)/q-1/p+1/t48-,49-,50-,51-,52-,53-,54-,55-,56-,57-,58-,59-,60+/m0/s1. The first-order valence-corrected chi connectivity index (χ1v) is 38.7. The van der Waals surface area contributed by atoms with Gasteiger partial charge >= 0.3 is 17.8 Å². The van der Waals surface area contributed by atoms with Crippen LogP contribution in [0.15, 0.2) is 15.0 Å². The quantitative estimate of drug-likeness (QED) is 0.0117. The topological polar surface area (TPSA) is 633 Å². The summed E-state index contributed by atoms with van der Waals surface area (Å²) in [7, 11) is 0. The van der Waals surface area contributed by atoms with Crippen LogP contribution in [0.4, 0.5) is 0 Å². The van der Waals surface area contributed by atoms with Crippen LogP contribution in [0.1, 0.15) is 176 Å². The van der Waals surface area contributed by atoms with Crippen molar-refractivity contribution in [1.82, 2.24) is 63.4 Å². The van der Waals surface area contributed by atoms with E-state index in [1.165, 1.54) is 0 Å². The lowest BCUT2D eigenvalue weighted by Gasteiger charge is -2.34. The summed E-state index contributed by atoms with van der Waals surface area (Å²) in [6, 6.07) is -3.89. The van der Waals surface area contributed by atoms with Crippen molar-refractivity contribution in [3.8, 4) is 0 Å². The molecule has 13 atom stereocenters. The van der Waals surface area contributed by atoms with Crippen molar-refractivity contribution in [2.75, 3.05) is 105 Å². The minimum Gasteiger partial charge on any atom is -0.482 e. The number of nitrogens with one attached hydrogen (secondary N) is 12. The molecule has 5 amide bonds. The van der Waals surface area contributed by atoms with Gasteiger partial charge in [-0.25, -0.2) is 9.79 Å².